The standard InChI is InChI=1S/C20H18F3N5O3/c1-11(29)24-12-4-2-5-13(8-12)25-19(30)15-10-18-26-14(16-6-3-7-31-16)9-17(20(21,22)23)28(18)27-15/h2-8,10,14,17,26H,9H2,1H3,(H,24,29)(H,25,30). The molecule has 0 saturated carbocycles. The molecule has 0 bridgehead atoms. The summed E-state index contributed by atoms with van der Waals surface area (Å²) >= 11 is 0. The van der Waals surface area contributed by atoms with E-state index in [1.54, 1.807) is 30.3 Å². The topological polar surface area (TPSA) is 101 Å². The summed E-state index contributed by atoms with van der Waals surface area (Å²) in [7, 11) is 0. The Hall–Kier alpha value is -3.76. The van der Waals surface area contributed by atoms with Crippen molar-refractivity contribution in [3.05, 3.63) is 60.2 Å². The van der Waals surface area contributed by atoms with Gasteiger partial charge in [0.25, 0.3) is 5.91 Å². The lowest BCUT2D eigenvalue weighted by atomic mass is 10.0. The number of hydrogen-bond acceptors (Lipinski definition) is 5. The van der Waals surface area contributed by atoms with Gasteiger partial charge < -0.3 is 20.4 Å². The number of nitrogens with zero attached hydrogens (tertiary/aromatic N) is 2. The highest BCUT2D eigenvalue weighted by atomic mass is 19.4. The molecule has 3 heterocycles. The van der Waals surface area contributed by atoms with Crippen LogP contribution in [0.3, 0.4) is 0 Å². The molecule has 0 spiro atoms. The van der Waals surface area contributed by atoms with Gasteiger partial charge in [-0.05, 0) is 30.3 Å². The quantitative estimate of drug-likeness (QED) is 0.568. The molecule has 2 unspecified atom stereocenters. The van der Waals surface area contributed by atoms with Crippen LogP contribution in [0.4, 0.5) is 30.4 Å². The Morgan fingerprint density at radius 1 is 1.16 bits per heavy atom. The van der Waals surface area contributed by atoms with Crippen molar-refractivity contribution in [2.24, 2.45) is 0 Å². The number of carbonyl (C=O) groups excluding carboxylic acids is 2. The van der Waals surface area contributed by atoms with E-state index in [0.717, 1.165) is 4.68 Å². The number of alkyl halides is 3. The third-order valence-electron chi connectivity index (χ3n) is 4.75. The Morgan fingerprint density at radius 2 is 1.90 bits per heavy atom. The van der Waals surface area contributed by atoms with Crippen molar-refractivity contribution in [2.75, 3.05) is 16.0 Å². The third kappa shape index (κ3) is 4.39. The summed E-state index contributed by atoms with van der Waals surface area (Å²) in [5, 5.41) is 12.0. The molecular formula is C20H18F3N5O3. The molecule has 0 fully saturated rings. The first kappa shape index (κ1) is 20.5. The van der Waals surface area contributed by atoms with Crippen molar-refractivity contribution in [3.63, 3.8) is 0 Å². The zero-order valence-corrected chi connectivity index (χ0v) is 16.2. The highest BCUT2D eigenvalue weighted by Gasteiger charge is 2.47. The summed E-state index contributed by atoms with van der Waals surface area (Å²) in [4.78, 5) is 23.8. The molecule has 0 aliphatic carbocycles. The van der Waals surface area contributed by atoms with Crippen LogP contribution in [0.25, 0.3) is 0 Å². The van der Waals surface area contributed by atoms with Crippen LogP contribution in [0.15, 0.2) is 53.1 Å². The molecule has 0 saturated heterocycles. The molecule has 3 N–H and O–H groups in total. The second-order valence-electron chi connectivity index (χ2n) is 7.08. The third-order valence-corrected chi connectivity index (χ3v) is 4.75. The van der Waals surface area contributed by atoms with Crippen LogP contribution < -0.4 is 16.0 Å². The summed E-state index contributed by atoms with van der Waals surface area (Å²) in [6, 6.07) is 8.20. The highest BCUT2D eigenvalue weighted by Crippen LogP contribution is 2.43. The number of halogens is 3. The first-order chi connectivity index (χ1) is 14.7. The zero-order valence-electron chi connectivity index (χ0n) is 16.2. The Balaban J connectivity index is 1.59. The maximum atomic E-state index is 13.7. The highest BCUT2D eigenvalue weighted by molar-refractivity contribution is 6.03. The monoisotopic (exact) mass is 433 g/mol. The van der Waals surface area contributed by atoms with E-state index in [1.807, 2.05) is 0 Å². The molecular weight excluding hydrogens is 415 g/mol. The van der Waals surface area contributed by atoms with Crippen LogP contribution in [0.2, 0.25) is 0 Å². The number of fused-ring (bicyclic) bond motifs is 1. The molecule has 1 aliphatic rings. The molecule has 8 nitrogen and oxygen atoms in total. The van der Waals surface area contributed by atoms with Crippen molar-refractivity contribution >= 4 is 29.0 Å². The second kappa shape index (κ2) is 7.82. The molecule has 2 atom stereocenters. The van der Waals surface area contributed by atoms with Crippen molar-refractivity contribution in [1.82, 2.24) is 9.78 Å². The van der Waals surface area contributed by atoms with Crippen molar-refractivity contribution in [2.45, 2.75) is 31.6 Å². The summed E-state index contributed by atoms with van der Waals surface area (Å²) in [6.07, 6.45) is -3.50. The maximum Gasteiger partial charge on any atom is 0.410 e. The first-order valence-electron chi connectivity index (χ1n) is 9.36. The SMILES string of the molecule is CC(=O)Nc1cccc(NC(=O)c2cc3n(n2)C(C(F)(F)F)CC(c2ccco2)N3)c1. The van der Waals surface area contributed by atoms with E-state index >= 15 is 0 Å². The largest absolute Gasteiger partial charge is 0.467 e. The van der Waals surface area contributed by atoms with Gasteiger partial charge in [0.15, 0.2) is 11.7 Å². The number of rotatable bonds is 4. The Morgan fingerprint density at radius 3 is 2.55 bits per heavy atom. The van der Waals surface area contributed by atoms with E-state index in [9.17, 15) is 22.8 Å². The number of benzene rings is 1. The van der Waals surface area contributed by atoms with E-state index < -0.39 is 24.2 Å². The van der Waals surface area contributed by atoms with Gasteiger partial charge in [0.2, 0.25) is 5.91 Å². The molecule has 3 aromatic rings. The van der Waals surface area contributed by atoms with E-state index in [0.29, 0.717) is 17.1 Å². The van der Waals surface area contributed by atoms with Crippen molar-refractivity contribution in [1.29, 1.82) is 0 Å². The van der Waals surface area contributed by atoms with Crippen LogP contribution in [0.5, 0.6) is 0 Å². The lowest BCUT2D eigenvalue weighted by Crippen LogP contribution is -2.35. The predicted octanol–water partition coefficient (Wildman–Crippen LogP) is 4.35. The van der Waals surface area contributed by atoms with E-state index in [1.165, 1.54) is 25.3 Å². The molecule has 2 amide bonds. The minimum Gasteiger partial charge on any atom is -0.467 e. The fourth-order valence-corrected chi connectivity index (χ4v) is 3.43. The number of hydrogen-bond donors (Lipinski definition) is 3. The molecule has 4 rings (SSSR count). The predicted molar refractivity (Wildman–Crippen MR) is 106 cm³/mol. The normalized spacial score (nSPS) is 18.1. The van der Waals surface area contributed by atoms with Crippen LogP contribution >= 0.6 is 0 Å². The van der Waals surface area contributed by atoms with E-state index in [2.05, 4.69) is 21.0 Å². The minimum absolute atomic E-state index is 0.0622. The molecule has 1 aromatic carbocycles. The lowest BCUT2D eigenvalue weighted by molar-refractivity contribution is -0.174. The van der Waals surface area contributed by atoms with Gasteiger partial charge in [0.1, 0.15) is 11.6 Å². The number of furan rings is 1. The smallest absolute Gasteiger partial charge is 0.410 e. The van der Waals surface area contributed by atoms with E-state index in [4.69, 9.17) is 4.42 Å². The second-order valence-corrected chi connectivity index (χ2v) is 7.08. The molecule has 1 aliphatic heterocycles. The lowest BCUT2D eigenvalue weighted by Gasteiger charge is -2.32. The van der Waals surface area contributed by atoms with E-state index in [-0.39, 0.29) is 23.8 Å². The zero-order chi connectivity index (χ0) is 22.2. The summed E-state index contributed by atoms with van der Waals surface area (Å²) < 4.78 is 47.1. The number of anilines is 3. The first-order valence-corrected chi connectivity index (χ1v) is 9.36. The molecule has 162 valence electrons. The molecule has 2 aromatic heterocycles. The average Bonchev–Trinajstić information content (AvgIpc) is 3.36. The Kier molecular flexibility index (Phi) is 5.17. The number of carbonyl (C=O) groups is 2. The number of aromatic nitrogens is 2. The molecule has 11 heteroatoms. The van der Waals surface area contributed by atoms with Gasteiger partial charge in [-0.1, -0.05) is 6.07 Å². The number of nitrogens with one attached hydrogen (secondary N) is 3. The van der Waals surface area contributed by atoms with Gasteiger partial charge in [-0.3, -0.25) is 9.59 Å². The van der Waals surface area contributed by atoms with Crippen LogP contribution in [0.1, 0.15) is 41.7 Å². The Bertz CT molecular complexity index is 1110. The van der Waals surface area contributed by atoms with Crippen LogP contribution in [-0.4, -0.2) is 27.8 Å². The summed E-state index contributed by atoms with van der Waals surface area (Å²) in [6.45, 7) is 1.35. The summed E-state index contributed by atoms with van der Waals surface area (Å²) in [5.41, 5.74) is 0.646. The fraction of sp³-hybridized carbons (Fsp3) is 0.250. The van der Waals surface area contributed by atoms with Gasteiger partial charge in [0.05, 0.1) is 12.3 Å². The Labute approximate surface area is 174 Å². The van der Waals surface area contributed by atoms with Crippen molar-refractivity contribution in [3.8, 4) is 0 Å². The van der Waals surface area contributed by atoms with Gasteiger partial charge >= 0.3 is 6.18 Å². The molecule has 0 radical (unpaired) electrons. The molecule has 31 heavy (non-hydrogen) atoms. The fourth-order valence-electron chi connectivity index (χ4n) is 3.43. The minimum atomic E-state index is -4.56. The number of amides is 2. The average molecular weight is 433 g/mol. The van der Waals surface area contributed by atoms with Gasteiger partial charge in [-0.2, -0.15) is 18.3 Å². The van der Waals surface area contributed by atoms with Crippen molar-refractivity contribution < 1.29 is 27.2 Å². The van der Waals surface area contributed by atoms with Gasteiger partial charge in [-0.25, -0.2) is 4.68 Å². The summed E-state index contributed by atoms with van der Waals surface area (Å²) in [5.74, 6) is -0.533. The van der Waals surface area contributed by atoms with Gasteiger partial charge in [0, 0.05) is 30.8 Å². The van der Waals surface area contributed by atoms with Crippen LogP contribution in [-0.2, 0) is 4.79 Å². The maximum absolute atomic E-state index is 13.7. The van der Waals surface area contributed by atoms with Crippen LogP contribution in [0, 0.1) is 0 Å². The van der Waals surface area contributed by atoms with Gasteiger partial charge in [-0.15, -0.1) is 0 Å².